The topological polar surface area (TPSA) is 58.6 Å². The fraction of sp³-hybridized carbons (Fsp3) is 0.188. The monoisotopic (exact) mass is 271 g/mol. The average Bonchev–Trinajstić information content (AvgIpc) is 2.52. The van der Waals surface area contributed by atoms with Crippen LogP contribution in [0.25, 0.3) is 0 Å². The smallest absolute Gasteiger partial charge is 0.258 e. The minimum Gasteiger partial charge on any atom is -0.484 e. The molecule has 0 aromatic heterocycles. The number of rotatable bonds is 6. The summed E-state index contributed by atoms with van der Waals surface area (Å²) >= 11 is 0. The van der Waals surface area contributed by atoms with Gasteiger partial charge in [0.25, 0.3) is 5.91 Å². The second kappa shape index (κ2) is 7.31. The number of aliphatic hydroxyl groups excluding tert-OH is 1. The van der Waals surface area contributed by atoms with E-state index in [-0.39, 0.29) is 19.1 Å². The molecule has 1 unspecified atom stereocenters. The molecule has 0 aliphatic heterocycles. The molecule has 4 nitrogen and oxygen atoms in total. The second-order valence-electron chi connectivity index (χ2n) is 4.32. The Bertz CT molecular complexity index is 528. The van der Waals surface area contributed by atoms with Gasteiger partial charge in [0, 0.05) is 0 Å². The van der Waals surface area contributed by atoms with Gasteiger partial charge in [0.05, 0.1) is 12.6 Å². The first-order valence-corrected chi connectivity index (χ1v) is 6.42. The van der Waals surface area contributed by atoms with E-state index in [9.17, 15) is 9.90 Å². The fourth-order valence-corrected chi connectivity index (χ4v) is 1.82. The highest BCUT2D eigenvalue weighted by atomic mass is 16.5. The highest BCUT2D eigenvalue weighted by Gasteiger charge is 2.13. The number of para-hydroxylation sites is 1. The Morgan fingerprint density at radius 2 is 1.65 bits per heavy atom. The Morgan fingerprint density at radius 1 is 1.05 bits per heavy atom. The van der Waals surface area contributed by atoms with Crippen LogP contribution in [0.3, 0.4) is 0 Å². The summed E-state index contributed by atoms with van der Waals surface area (Å²) in [6.45, 7) is -0.228. The van der Waals surface area contributed by atoms with Gasteiger partial charge in [-0.1, -0.05) is 48.5 Å². The van der Waals surface area contributed by atoms with E-state index in [4.69, 9.17) is 4.74 Å². The van der Waals surface area contributed by atoms with Crippen LogP contribution in [0.1, 0.15) is 11.6 Å². The van der Waals surface area contributed by atoms with Gasteiger partial charge in [-0.3, -0.25) is 4.79 Å². The van der Waals surface area contributed by atoms with Crippen molar-refractivity contribution in [3.63, 3.8) is 0 Å². The summed E-state index contributed by atoms with van der Waals surface area (Å²) in [7, 11) is 0. The SMILES string of the molecule is O=C(COc1ccccc1)NC(CO)c1ccccc1. The number of hydrogen-bond donors (Lipinski definition) is 2. The molecule has 2 rings (SSSR count). The zero-order chi connectivity index (χ0) is 14.2. The summed E-state index contributed by atoms with van der Waals surface area (Å²) in [6, 6.07) is 18.1. The van der Waals surface area contributed by atoms with Crippen molar-refractivity contribution in [2.45, 2.75) is 6.04 Å². The van der Waals surface area contributed by atoms with Crippen molar-refractivity contribution in [1.29, 1.82) is 0 Å². The molecule has 0 aliphatic rings. The standard InChI is InChI=1S/C16H17NO3/c18-11-15(13-7-3-1-4-8-13)17-16(19)12-20-14-9-5-2-6-10-14/h1-10,15,18H,11-12H2,(H,17,19). The molecule has 2 N–H and O–H groups in total. The van der Waals surface area contributed by atoms with Crippen LogP contribution in [0.15, 0.2) is 60.7 Å². The van der Waals surface area contributed by atoms with E-state index in [1.165, 1.54) is 0 Å². The number of aliphatic hydroxyl groups is 1. The molecular weight excluding hydrogens is 254 g/mol. The summed E-state index contributed by atoms with van der Waals surface area (Å²) in [6.07, 6.45) is 0. The van der Waals surface area contributed by atoms with Crippen LogP contribution in [0.4, 0.5) is 0 Å². The lowest BCUT2D eigenvalue weighted by Gasteiger charge is -2.16. The first-order valence-electron chi connectivity index (χ1n) is 6.42. The quantitative estimate of drug-likeness (QED) is 0.844. The van der Waals surface area contributed by atoms with Gasteiger partial charge in [-0.2, -0.15) is 0 Å². The highest BCUT2D eigenvalue weighted by Crippen LogP contribution is 2.12. The van der Waals surface area contributed by atoms with Crippen LogP contribution in [0, 0.1) is 0 Å². The van der Waals surface area contributed by atoms with Gasteiger partial charge in [0.1, 0.15) is 5.75 Å². The van der Waals surface area contributed by atoms with Crippen molar-refractivity contribution in [2.24, 2.45) is 0 Å². The third-order valence-electron chi connectivity index (χ3n) is 2.83. The molecule has 0 heterocycles. The van der Waals surface area contributed by atoms with Crippen LogP contribution in [-0.4, -0.2) is 24.2 Å². The molecule has 0 spiro atoms. The molecule has 4 heteroatoms. The number of carbonyl (C=O) groups excluding carboxylic acids is 1. The molecule has 1 amide bonds. The summed E-state index contributed by atoms with van der Waals surface area (Å²) in [5.41, 5.74) is 0.864. The summed E-state index contributed by atoms with van der Waals surface area (Å²) in [5, 5.41) is 12.1. The maximum atomic E-state index is 11.8. The first-order chi connectivity index (χ1) is 9.79. The Morgan fingerprint density at radius 3 is 2.25 bits per heavy atom. The van der Waals surface area contributed by atoms with Crippen molar-refractivity contribution in [3.8, 4) is 5.75 Å². The summed E-state index contributed by atoms with van der Waals surface area (Å²) < 4.78 is 5.36. The predicted octanol–water partition coefficient (Wildman–Crippen LogP) is 1.92. The number of nitrogens with one attached hydrogen (secondary N) is 1. The third kappa shape index (κ3) is 4.10. The van der Waals surface area contributed by atoms with Gasteiger partial charge in [0.2, 0.25) is 0 Å². The zero-order valence-corrected chi connectivity index (χ0v) is 11.0. The average molecular weight is 271 g/mol. The lowest BCUT2D eigenvalue weighted by molar-refractivity contribution is -0.124. The van der Waals surface area contributed by atoms with Crippen molar-refractivity contribution >= 4 is 5.91 Å². The third-order valence-corrected chi connectivity index (χ3v) is 2.83. The van der Waals surface area contributed by atoms with Gasteiger partial charge in [0.15, 0.2) is 6.61 Å². The van der Waals surface area contributed by atoms with E-state index in [0.717, 1.165) is 5.56 Å². The number of carbonyl (C=O) groups is 1. The normalized spacial score (nSPS) is 11.7. The van der Waals surface area contributed by atoms with Gasteiger partial charge < -0.3 is 15.2 Å². The van der Waals surface area contributed by atoms with Crippen LogP contribution in [0.5, 0.6) is 5.75 Å². The Labute approximate surface area is 118 Å². The number of amides is 1. The first kappa shape index (κ1) is 14.1. The molecule has 1 atom stereocenters. The Kier molecular flexibility index (Phi) is 5.15. The van der Waals surface area contributed by atoms with Crippen molar-refractivity contribution in [3.05, 3.63) is 66.2 Å². The molecule has 0 saturated heterocycles. The zero-order valence-electron chi connectivity index (χ0n) is 11.0. The number of ether oxygens (including phenoxy) is 1. The highest BCUT2D eigenvalue weighted by molar-refractivity contribution is 5.78. The largest absolute Gasteiger partial charge is 0.484 e. The van der Waals surface area contributed by atoms with Crippen LogP contribution >= 0.6 is 0 Å². The lowest BCUT2D eigenvalue weighted by atomic mass is 10.1. The van der Waals surface area contributed by atoms with E-state index in [2.05, 4.69) is 5.32 Å². The number of benzene rings is 2. The van der Waals surface area contributed by atoms with Crippen LogP contribution < -0.4 is 10.1 Å². The molecule has 104 valence electrons. The van der Waals surface area contributed by atoms with Crippen molar-refractivity contribution < 1.29 is 14.6 Å². The molecule has 2 aromatic rings. The van der Waals surface area contributed by atoms with E-state index in [1.54, 1.807) is 12.1 Å². The Balaban J connectivity index is 1.87. The van der Waals surface area contributed by atoms with E-state index in [1.807, 2.05) is 48.5 Å². The molecule has 0 bridgehead atoms. The molecule has 0 fully saturated rings. The van der Waals surface area contributed by atoms with E-state index >= 15 is 0 Å². The van der Waals surface area contributed by atoms with Crippen molar-refractivity contribution in [2.75, 3.05) is 13.2 Å². The minimum absolute atomic E-state index is 0.0760. The van der Waals surface area contributed by atoms with Gasteiger partial charge in [-0.15, -0.1) is 0 Å². The van der Waals surface area contributed by atoms with E-state index < -0.39 is 6.04 Å². The number of hydrogen-bond acceptors (Lipinski definition) is 3. The maximum Gasteiger partial charge on any atom is 0.258 e. The van der Waals surface area contributed by atoms with E-state index in [0.29, 0.717) is 5.75 Å². The summed E-state index contributed by atoms with van der Waals surface area (Å²) in [5.74, 6) is 0.375. The lowest BCUT2D eigenvalue weighted by Crippen LogP contribution is -2.34. The van der Waals surface area contributed by atoms with Crippen molar-refractivity contribution in [1.82, 2.24) is 5.32 Å². The molecule has 20 heavy (non-hydrogen) atoms. The van der Waals surface area contributed by atoms with Crippen LogP contribution in [0.2, 0.25) is 0 Å². The molecule has 0 radical (unpaired) electrons. The molecule has 0 saturated carbocycles. The predicted molar refractivity (Wildman–Crippen MR) is 76.3 cm³/mol. The minimum atomic E-state index is -0.414. The molecular formula is C16H17NO3. The second-order valence-corrected chi connectivity index (χ2v) is 4.32. The molecule has 0 aliphatic carbocycles. The molecule has 2 aromatic carbocycles. The Hall–Kier alpha value is -2.33. The van der Waals surface area contributed by atoms with Gasteiger partial charge in [-0.25, -0.2) is 0 Å². The van der Waals surface area contributed by atoms with Gasteiger partial charge in [-0.05, 0) is 17.7 Å². The van der Waals surface area contributed by atoms with Gasteiger partial charge >= 0.3 is 0 Å². The van der Waals surface area contributed by atoms with Crippen LogP contribution in [-0.2, 0) is 4.79 Å². The maximum absolute atomic E-state index is 11.8. The summed E-state index contributed by atoms with van der Waals surface area (Å²) in [4.78, 5) is 11.8. The fourth-order valence-electron chi connectivity index (χ4n) is 1.82.